The predicted molar refractivity (Wildman–Crippen MR) is 79.2 cm³/mol. The number of fused-ring (bicyclic) bond motifs is 1. The second-order valence-electron chi connectivity index (χ2n) is 4.46. The van der Waals surface area contributed by atoms with Gasteiger partial charge in [-0.05, 0) is 29.8 Å². The van der Waals surface area contributed by atoms with Crippen molar-refractivity contribution in [3.8, 4) is 11.5 Å². The van der Waals surface area contributed by atoms with Gasteiger partial charge in [-0.2, -0.15) is 0 Å². The summed E-state index contributed by atoms with van der Waals surface area (Å²) in [6.07, 6.45) is 0.864. The molecule has 1 aliphatic heterocycles. The number of benzene rings is 2. The van der Waals surface area contributed by atoms with Crippen LogP contribution in [0.3, 0.4) is 0 Å². The van der Waals surface area contributed by atoms with E-state index in [2.05, 4.69) is 22.0 Å². The molecule has 98 valence electrons. The van der Waals surface area contributed by atoms with Crippen molar-refractivity contribution in [2.75, 3.05) is 7.11 Å². The van der Waals surface area contributed by atoms with E-state index in [1.54, 1.807) is 7.11 Å². The highest BCUT2D eigenvalue weighted by molar-refractivity contribution is 9.10. The van der Waals surface area contributed by atoms with Crippen LogP contribution in [0, 0.1) is 0 Å². The van der Waals surface area contributed by atoms with Gasteiger partial charge in [-0.15, -0.1) is 0 Å². The number of ether oxygens (including phenoxy) is 2. The van der Waals surface area contributed by atoms with Gasteiger partial charge in [-0.25, -0.2) is 0 Å². The van der Waals surface area contributed by atoms with Gasteiger partial charge >= 0.3 is 0 Å². The van der Waals surface area contributed by atoms with Crippen LogP contribution >= 0.6 is 27.5 Å². The third-order valence-corrected chi connectivity index (χ3v) is 3.93. The molecule has 1 atom stereocenters. The summed E-state index contributed by atoms with van der Waals surface area (Å²) in [5.41, 5.74) is 2.28. The summed E-state index contributed by atoms with van der Waals surface area (Å²) in [7, 11) is 1.65. The Balaban J connectivity index is 1.93. The Bertz CT molecular complexity index is 610. The summed E-state index contributed by atoms with van der Waals surface area (Å²) < 4.78 is 12.4. The highest BCUT2D eigenvalue weighted by Crippen LogP contribution is 2.44. The van der Waals surface area contributed by atoms with Crippen LogP contribution in [-0.2, 0) is 6.42 Å². The summed E-state index contributed by atoms with van der Waals surface area (Å²) in [5, 5.41) is 0.736. The third kappa shape index (κ3) is 2.45. The first-order chi connectivity index (χ1) is 9.17. The predicted octanol–water partition coefficient (Wildman–Crippen LogP) is 4.79. The quantitative estimate of drug-likeness (QED) is 0.783. The van der Waals surface area contributed by atoms with Gasteiger partial charge in [0.25, 0.3) is 0 Å². The largest absolute Gasteiger partial charge is 0.493 e. The molecule has 0 fully saturated rings. The smallest absolute Gasteiger partial charge is 0.165 e. The summed E-state index contributed by atoms with van der Waals surface area (Å²) in [4.78, 5) is 0. The zero-order chi connectivity index (χ0) is 13.4. The van der Waals surface area contributed by atoms with E-state index >= 15 is 0 Å². The molecule has 3 rings (SSSR count). The van der Waals surface area contributed by atoms with Crippen LogP contribution in [0.5, 0.6) is 11.5 Å². The van der Waals surface area contributed by atoms with Gasteiger partial charge in [0, 0.05) is 21.5 Å². The number of halogens is 2. The molecule has 0 aliphatic carbocycles. The molecular weight excluding hydrogens is 328 g/mol. The molecule has 1 aliphatic rings. The molecule has 0 bridgehead atoms. The number of hydrogen-bond acceptors (Lipinski definition) is 2. The number of hydrogen-bond donors (Lipinski definition) is 0. The van der Waals surface area contributed by atoms with E-state index in [9.17, 15) is 0 Å². The van der Waals surface area contributed by atoms with Crippen molar-refractivity contribution in [1.29, 1.82) is 0 Å². The average Bonchev–Trinajstić information content (AvgIpc) is 2.82. The van der Waals surface area contributed by atoms with E-state index in [1.165, 1.54) is 0 Å². The average molecular weight is 340 g/mol. The first-order valence-corrected chi connectivity index (χ1v) is 7.13. The molecule has 2 aromatic rings. The molecule has 1 unspecified atom stereocenters. The van der Waals surface area contributed by atoms with Crippen molar-refractivity contribution in [2.24, 2.45) is 0 Å². The topological polar surface area (TPSA) is 18.5 Å². The van der Waals surface area contributed by atoms with E-state index in [-0.39, 0.29) is 6.10 Å². The molecule has 0 saturated heterocycles. The molecule has 19 heavy (non-hydrogen) atoms. The van der Waals surface area contributed by atoms with E-state index in [1.807, 2.05) is 30.3 Å². The Kier molecular flexibility index (Phi) is 3.42. The van der Waals surface area contributed by atoms with Crippen LogP contribution in [0.4, 0.5) is 0 Å². The van der Waals surface area contributed by atoms with Crippen LogP contribution in [0.25, 0.3) is 0 Å². The fourth-order valence-corrected chi connectivity index (χ4v) is 2.92. The fraction of sp³-hybridized carbons (Fsp3) is 0.200. The molecule has 2 aromatic carbocycles. The molecule has 0 aromatic heterocycles. The van der Waals surface area contributed by atoms with Crippen molar-refractivity contribution in [3.05, 3.63) is 57.0 Å². The number of methoxy groups -OCH3 is 1. The summed E-state index contributed by atoms with van der Waals surface area (Å²) in [6.45, 7) is 0. The normalized spacial score (nSPS) is 16.9. The second-order valence-corrected chi connectivity index (χ2v) is 5.81. The fourth-order valence-electron chi connectivity index (χ4n) is 2.31. The van der Waals surface area contributed by atoms with Crippen LogP contribution in [0.15, 0.2) is 40.9 Å². The van der Waals surface area contributed by atoms with E-state index in [4.69, 9.17) is 21.1 Å². The van der Waals surface area contributed by atoms with Gasteiger partial charge in [0.2, 0.25) is 0 Å². The van der Waals surface area contributed by atoms with Gasteiger partial charge in [0.1, 0.15) is 6.10 Å². The Morgan fingerprint density at radius 2 is 2.00 bits per heavy atom. The summed E-state index contributed by atoms with van der Waals surface area (Å²) >= 11 is 9.40. The molecule has 0 N–H and O–H groups in total. The van der Waals surface area contributed by atoms with Crippen molar-refractivity contribution >= 4 is 27.5 Å². The Morgan fingerprint density at radius 3 is 2.68 bits per heavy atom. The molecular formula is C15H12BrClO2. The van der Waals surface area contributed by atoms with Crippen LogP contribution in [0.1, 0.15) is 17.2 Å². The zero-order valence-electron chi connectivity index (χ0n) is 10.3. The molecule has 0 spiro atoms. The monoisotopic (exact) mass is 338 g/mol. The SMILES string of the molecule is COc1cc(Br)cc2c1OC(c1ccc(Cl)cc1)C2. The lowest BCUT2D eigenvalue weighted by Crippen LogP contribution is -2.02. The van der Waals surface area contributed by atoms with Crippen LogP contribution in [-0.4, -0.2) is 7.11 Å². The molecule has 1 heterocycles. The second kappa shape index (κ2) is 5.06. The van der Waals surface area contributed by atoms with Gasteiger partial charge < -0.3 is 9.47 Å². The molecule has 4 heteroatoms. The maximum Gasteiger partial charge on any atom is 0.165 e. The van der Waals surface area contributed by atoms with Crippen molar-refractivity contribution in [3.63, 3.8) is 0 Å². The van der Waals surface area contributed by atoms with Crippen molar-refractivity contribution < 1.29 is 9.47 Å². The van der Waals surface area contributed by atoms with Gasteiger partial charge in [-0.3, -0.25) is 0 Å². The minimum absolute atomic E-state index is 0.0236. The molecule has 0 amide bonds. The zero-order valence-corrected chi connectivity index (χ0v) is 12.7. The first kappa shape index (κ1) is 12.8. The summed E-state index contributed by atoms with van der Waals surface area (Å²) in [5.74, 6) is 1.60. The van der Waals surface area contributed by atoms with E-state index in [0.29, 0.717) is 0 Å². The first-order valence-electron chi connectivity index (χ1n) is 5.96. The van der Waals surface area contributed by atoms with E-state index in [0.717, 1.165) is 38.5 Å². The number of rotatable bonds is 2. The maximum absolute atomic E-state index is 6.02. The minimum Gasteiger partial charge on any atom is -0.493 e. The standard InChI is InChI=1S/C15H12BrClO2/c1-18-14-8-11(16)6-10-7-13(19-15(10)14)9-2-4-12(17)5-3-9/h2-6,8,13H,7H2,1H3. The lowest BCUT2D eigenvalue weighted by Gasteiger charge is -2.12. The van der Waals surface area contributed by atoms with Crippen LogP contribution in [0.2, 0.25) is 5.02 Å². The summed E-state index contributed by atoms with van der Waals surface area (Å²) in [6, 6.07) is 11.8. The van der Waals surface area contributed by atoms with Crippen molar-refractivity contribution in [1.82, 2.24) is 0 Å². The highest BCUT2D eigenvalue weighted by Gasteiger charge is 2.27. The molecule has 2 nitrogen and oxygen atoms in total. The van der Waals surface area contributed by atoms with E-state index < -0.39 is 0 Å². The third-order valence-electron chi connectivity index (χ3n) is 3.22. The molecule has 0 saturated carbocycles. The van der Waals surface area contributed by atoms with Gasteiger partial charge in [0.05, 0.1) is 7.11 Å². The van der Waals surface area contributed by atoms with Gasteiger partial charge in [0.15, 0.2) is 11.5 Å². The Morgan fingerprint density at radius 1 is 1.26 bits per heavy atom. The Labute approximate surface area is 125 Å². The van der Waals surface area contributed by atoms with Crippen LogP contribution < -0.4 is 9.47 Å². The molecule has 0 radical (unpaired) electrons. The highest BCUT2D eigenvalue weighted by atomic mass is 79.9. The van der Waals surface area contributed by atoms with Crippen molar-refractivity contribution in [2.45, 2.75) is 12.5 Å². The lowest BCUT2D eigenvalue weighted by molar-refractivity contribution is 0.228. The van der Waals surface area contributed by atoms with Gasteiger partial charge in [-0.1, -0.05) is 39.7 Å². The minimum atomic E-state index is 0.0236. The Hall–Kier alpha value is -1.19. The maximum atomic E-state index is 6.02. The lowest BCUT2D eigenvalue weighted by atomic mass is 10.0.